The van der Waals surface area contributed by atoms with E-state index in [4.69, 9.17) is 0 Å². The molecule has 0 aliphatic carbocycles. The Morgan fingerprint density at radius 3 is 0.680 bits per heavy atom. The standard InChI is InChI=1S/2C34H42BN2.Sn/c2*1-24(2)29-16-12-17-30(25(3)4)33(29)36-22-23-37(35(36)21-20-28-14-10-9-11-15-28)34-31(26(5)6)18-13-19-32(34)27(7)8;/h2*9-19,21-27H,1-8H3;. The molecule has 75 heavy (non-hydrogen) atoms. The van der Waals surface area contributed by atoms with E-state index in [-0.39, 0.29) is 14.0 Å². The maximum absolute atomic E-state index is 2.69. The van der Waals surface area contributed by atoms with E-state index < -0.39 is 21.1 Å². The summed E-state index contributed by atoms with van der Waals surface area (Å²) in [7, 11) is 0. The number of rotatable bonds is 18. The molecule has 7 heteroatoms. The van der Waals surface area contributed by atoms with Gasteiger partial charge in [-0.3, -0.25) is 0 Å². The van der Waals surface area contributed by atoms with Crippen LogP contribution in [0.1, 0.15) is 214 Å². The predicted octanol–water partition coefficient (Wildman–Crippen LogP) is 18.8. The number of nitrogens with zero attached hydrogens (tertiary/aromatic N) is 4. The first-order chi connectivity index (χ1) is 35.9. The molecule has 2 aliphatic heterocycles. The van der Waals surface area contributed by atoms with Crippen LogP contribution >= 0.6 is 0 Å². The monoisotopic (exact) mass is 1100 g/mol. The number of para-hydroxylation sites is 4. The van der Waals surface area contributed by atoms with Crippen molar-refractivity contribution in [3.63, 3.8) is 0 Å². The van der Waals surface area contributed by atoms with Gasteiger partial charge in [-0.05, 0) is 0 Å². The molecule has 386 valence electrons. The third kappa shape index (κ3) is 11.7. The second-order valence-electron chi connectivity index (χ2n) is 23.4. The van der Waals surface area contributed by atoms with Gasteiger partial charge in [0.2, 0.25) is 0 Å². The predicted molar refractivity (Wildman–Crippen MR) is 333 cm³/mol. The van der Waals surface area contributed by atoms with Gasteiger partial charge in [-0.15, -0.1) is 0 Å². The van der Waals surface area contributed by atoms with Crippen LogP contribution in [0.25, 0.3) is 7.18 Å². The second-order valence-corrected chi connectivity index (χ2v) is 27.2. The molecule has 0 fully saturated rings. The van der Waals surface area contributed by atoms with Gasteiger partial charge in [-0.25, -0.2) is 0 Å². The SMILES string of the molecule is CC(C)c1cccc(C(C)C)c1N1C=CN(c2c(C(C)C)cccc2C(C)C)B1/C=[C](\[Sn]/[C](=C/B1N(c2c(C(C)C)cccc2C(C)C)C=CN1c1c(C(C)C)cccc1C(C)C)c1ccccc1)c1ccccc1. The molecule has 0 saturated carbocycles. The molecule has 6 aromatic carbocycles. The van der Waals surface area contributed by atoms with Gasteiger partial charge in [0.15, 0.2) is 0 Å². The van der Waals surface area contributed by atoms with Gasteiger partial charge >= 0.3 is 468 Å². The van der Waals surface area contributed by atoms with Crippen molar-refractivity contribution >= 4 is 65.0 Å². The third-order valence-electron chi connectivity index (χ3n) is 15.4. The van der Waals surface area contributed by atoms with Crippen molar-refractivity contribution in [2.45, 2.75) is 158 Å². The van der Waals surface area contributed by atoms with Crippen LogP contribution in [0.3, 0.4) is 0 Å². The molecule has 0 N–H and O–H groups in total. The Hall–Kier alpha value is -5.59. The molecule has 0 aromatic heterocycles. The number of anilines is 4. The molecule has 0 unspecified atom stereocenters. The van der Waals surface area contributed by atoms with Crippen LogP contribution in [0.2, 0.25) is 0 Å². The van der Waals surface area contributed by atoms with Crippen molar-refractivity contribution in [3.8, 4) is 0 Å². The fourth-order valence-corrected chi connectivity index (χ4v) is 15.3. The van der Waals surface area contributed by atoms with E-state index in [9.17, 15) is 0 Å². The van der Waals surface area contributed by atoms with Crippen LogP contribution in [0.15, 0.2) is 170 Å². The topological polar surface area (TPSA) is 13.0 Å². The summed E-state index contributed by atoms with van der Waals surface area (Å²) in [5.74, 6) is 8.15. The second kappa shape index (κ2) is 24.2. The number of hydrogen-bond acceptors (Lipinski definition) is 4. The molecule has 8 rings (SSSR count). The summed E-state index contributed by atoms with van der Waals surface area (Å²) in [6.07, 6.45) is 9.59. The molecule has 2 radical (unpaired) electrons. The summed E-state index contributed by atoms with van der Waals surface area (Å²) in [5.41, 5.74) is 19.1. The van der Waals surface area contributed by atoms with Gasteiger partial charge in [-0.1, -0.05) is 0 Å². The molecular weight excluding hydrogens is 1010 g/mol. The Bertz CT molecular complexity index is 2580. The zero-order valence-corrected chi connectivity index (χ0v) is 51.1. The molecule has 6 aromatic rings. The number of hydrogen-bond donors (Lipinski definition) is 0. The van der Waals surface area contributed by atoms with Crippen molar-refractivity contribution in [1.29, 1.82) is 0 Å². The van der Waals surface area contributed by atoms with Gasteiger partial charge in [-0.2, -0.15) is 0 Å². The summed E-state index contributed by atoms with van der Waals surface area (Å²) in [6.45, 7) is 37.5. The molecule has 0 atom stereocenters. The van der Waals surface area contributed by atoms with Crippen LogP contribution in [0, 0.1) is 0 Å². The summed E-state index contributed by atoms with van der Waals surface area (Å²) in [4.78, 5) is 10.5. The quantitative estimate of drug-likeness (QED) is 0.0795. The minimum atomic E-state index is -1.72. The van der Waals surface area contributed by atoms with E-state index in [2.05, 4.69) is 300 Å². The minimum absolute atomic E-state index is 0.118. The number of benzene rings is 6. The van der Waals surface area contributed by atoms with Crippen LogP contribution < -0.4 is 19.2 Å². The maximum atomic E-state index is 2.69. The summed E-state index contributed by atoms with van der Waals surface area (Å²) < 4.78 is 2.92. The van der Waals surface area contributed by atoms with E-state index in [1.165, 1.54) is 85.6 Å². The fraction of sp³-hybridized carbons (Fsp3) is 0.353. The Kier molecular flexibility index (Phi) is 17.9. The van der Waals surface area contributed by atoms with Crippen molar-refractivity contribution in [3.05, 3.63) is 226 Å². The Morgan fingerprint density at radius 1 is 0.293 bits per heavy atom. The van der Waals surface area contributed by atoms with Gasteiger partial charge in [0.1, 0.15) is 0 Å². The van der Waals surface area contributed by atoms with Crippen LogP contribution in [-0.4, -0.2) is 35.1 Å². The van der Waals surface area contributed by atoms with Gasteiger partial charge in [0, 0.05) is 0 Å². The van der Waals surface area contributed by atoms with Crippen molar-refractivity contribution < 1.29 is 0 Å². The zero-order valence-electron chi connectivity index (χ0n) is 48.2. The summed E-state index contributed by atoms with van der Waals surface area (Å²) >= 11 is -1.72. The summed E-state index contributed by atoms with van der Waals surface area (Å²) in [6, 6.07) is 50.8. The van der Waals surface area contributed by atoms with E-state index >= 15 is 0 Å². The molecule has 0 bridgehead atoms. The van der Waals surface area contributed by atoms with Crippen molar-refractivity contribution in [1.82, 2.24) is 0 Å². The first kappa shape index (κ1) is 55.6. The molecule has 0 amide bonds. The fourth-order valence-electron chi connectivity index (χ4n) is 11.4. The molecule has 0 spiro atoms. The Morgan fingerprint density at radius 2 is 0.493 bits per heavy atom. The molecule has 4 nitrogen and oxygen atoms in total. The normalized spacial score (nSPS) is 14.5. The van der Waals surface area contributed by atoms with Crippen LogP contribution in [0.4, 0.5) is 22.7 Å². The van der Waals surface area contributed by atoms with E-state index in [0.29, 0.717) is 47.3 Å². The first-order valence-corrected chi connectivity index (χ1v) is 31.1. The van der Waals surface area contributed by atoms with E-state index in [1.807, 2.05) is 0 Å². The van der Waals surface area contributed by atoms with E-state index in [0.717, 1.165) is 0 Å². The summed E-state index contributed by atoms with van der Waals surface area (Å²) in [5, 5.41) is 0. The zero-order chi connectivity index (χ0) is 53.8. The Labute approximate surface area is 465 Å². The van der Waals surface area contributed by atoms with Gasteiger partial charge in [0.05, 0.1) is 0 Å². The van der Waals surface area contributed by atoms with Crippen molar-refractivity contribution in [2.75, 3.05) is 19.2 Å². The molecular formula is C68H84B2N4Sn. The Balaban J connectivity index is 1.43. The third-order valence-corrected chi connectivity index (χ3v) is 19.5. The molecule has 2 heterocycles. The van der Waals surface area contributed by atoms with Gasteiger partial charge < -0.3 is 0 Å². The van der Waals surface area contributed by atoms with Gasteiger partial charge in [0.25, 0.3) is 0 Å². The van der Waals surface area contributed by atoms with Crippen LogP contribution in [-0.2, 0) is 0 Å². The van der Waals surface area contributed by atoms with Crippen LogP contribution in [0.5, 0.6) is 0 Å². The molecule has 2 aliphatic rings. The van der Waals surface area contributed by atoms with E-state index in [1.54, 1.807) is 0 Å². The average Bonchev–Trinajstić information content (AvgIpc) is 4.00. The first-order valence-electron chi connectivity index (χ1n) is 28.2. The average molecular weight is 1100 g/mol. The van der Waals surface area contributed by atoms with Crippen molar-refractivity contribution in [2.24, 2.45) is 0 Å². The molecule has 0 saturated heterocycles.